The van der Waals surface area contributed by atoms with Gasteiger partial charge in [-0.05, 0) is 35.4 Å². The Balaban J connectivity index is 2.13. The molecule has 9 heteroatoms. The van der Waals surface area contributed by atoms with Gasteiger partial charge in [0.05, 0.1) is 7.11 Å². The zero-order chi connectivity index (χ0) is 21.4. The van der Waals surface area contributed by atoms with Crippen LogP contribution in [0.2, 0.25) is 5.02 Å². The van der Waals surface area contributed by atoms with E-state index in [9.17, 15) is 14.4 Å². The third-order valence-electron chi connectivity index (χ3n) is 4.22. The lowest BCUT2D eigenvalue weighted by molar-refractivity contribution is -0.128. The van der Waals surface area contributed by atoms with Crippen LogP contribution in [0.15, 0.2) is 48.5 Å². The lowest BCUT2D eigenvalue weighted by Crippen LogP contribution is -2.55. The lowest BCUT2D eigenvalue weighted by atomic mass is 10.0. The Kier molecular flexibility index (Phi) is 7.85. The molecule has 0 aliphatic heterocycles. The van der Waals surface area contributed by atoms with Crippen molar-refractivity contribution in [3.8, 4) is 5.75 Å². The van der Waals surface area contributed by atoms with Gasteiger partial charge in [0.1, 0.15) is 17.8 Å². The standard InChI is InChI=1S/C20H23ClN4O4/c1-29-15-4-2-3-13(9-15)11-16(18(22)26)24-19(27)17(25-20(23)28)10-12-5-7-14(21)8-6-12/h2-9,16-17H,10-11H2,1H3,(H2,22,26)(H,24,27)(H3,23,25,28)/t16-,17-/m0/s1. The van der Waals surface area contributed by atoms with Crippen LogP contribution in [0.5, 0.6) is 5.75 Å². The Morgan fingerprint density at radius 2 is 1.62 bits per heavy atom. The number of amides is 4. The van der Waals surface area contributed by atoms with Gasteiger partial charge in [0.25, 0.3) is 0 Å². The van der Waals surface area contributed by atoms with Gasteiger partial charge in [-0.1, -0.05) is 35.9 Å². The monoisotopic (exact) mass is 418 g/mol. The summed E-state index contributed by atoms with van der Waals surface area (Å²) in [6.07, 6.45) is 0.332. The number of nitrogens with one attached hydrogen (secondary N) is 2. The van der Waals surface area contributed by atoms with Crippen LogP contribution < -0.4 is 26.8 Å². The van der Waals surface area contributed by atoms with Crippen LogP contribution in [-0.2, 0) is 22.4 Å². The molecule has 2 aromatic carbocycles. The van der Waals surface area contributed by atoms with E-state index in [0.717, 1.165) is 11.1 Å². The summed E-state index contributed by atoms with van der Waals surface area (Å²) in [7, 11) is 1.53. The predicted octanol–water partition coefficient (Wildman–Crippen LogP) is 1.14. The molecule has 2 aromatic rings. The Labute approximate surface area is 173 Å². The van der Waals surface area contributed by atoms with E-state index in [2.05, 4.69) is 10.6 Å². The topological polar surface area (TPSA) is 137 Å². The van der Waals surface area contributed by atoms with Crippen molar-refractivity contribution in [1.29, 1.82) is 0 Å². The zero-order valence-electron chi connectivity index (χ0n) is 15.9. The molecule has 29 heavy (non-hydrogen) atoms. The van der Waals surface area contributed by atoms with Crippen LogP contribution >= 0.6 is 11.6 Å². The molecule has 2 rings (SSSR count). The molecule has 4 amide bonds. The van der Waals surface area contributed by atoms with E-state index in [4.69, 9.17) is 27.8 Å². The summed E-state index contributed by atoms with van der Waals surface area (Å²) < 4.78 is 5.16. The van der Waals surface area contributed by atoms with Crippen molar-refractivity contribution in [3.63, 3.8) is 0 Å². The van der Waals surface area contributed by atoms with E-state index in [1.807, 2.05) is 0 Å². The Morgan fingerprint density at radius 3 is 2.21 bits per heavy atom. The maximum atomic E-state index is 12.7. The van der Waals surface area contributed by atoms with E-state index in [1.165, 1.54) is 7.11 Å². The molecule has 0 aromatic heterocycles. The minimum atomic E-state index is -0.985. The molecule has 0 fully saturated rings. The molecule has 2 atom stereocenters. The summed E-state index contributed by atoms with van der Waals surface area (Å²) in [5.41, 5.74) is 12.2. The van der Waals surface area contributed by atoms with Gasteiger partial charge in [-0.3, -0.25) is 9.59 Å². The van der Waals surface area contributed by atoms with Gasteiger partial charge in [0.2, 0.25) is 11.8 Å². The van der Waals surface area contributed by atoms with Gasteiger partial charge in [-0.2, -0.15) is 0 Å². The van der Waals surface area contributed by atoms with E-state index < -0.39 is 29.9 Å². The molecular weight excluding hydrogens is 396 g/mol. The van der Waals surface area contributed by atoms with Crippen LogP contribution in [0, 0.1) is 0 Å². The fourth-order valence-corrected chi connectivity index (χ4v) is 2.89. The molecule has 0 unspecified atom stereocenters. The second-order valence-corrected chi connectivity index (χ2v) is 6.85. The van der Waals surface area contributed by atoms with Crippen molar-refractivity contribution < 1.29 is 19.1 Å². The van der Waals surface area contributed by atoms with E-state index in [-0.39, 0.29) is 12.8 Å². The molecular formula is C20H23ClN4O4. The average Bonchev–Trinajstić information content (AvgIpc) is 2.68. The maximum absolute atomic E-state index is 12.7. The second kappa shape index (κ2) is 10.3. The van der Waals surface area contributed by atoms with Gasteiger partial charge in [-0.15, -0.1) is 0 Å². The molecule has 154 valence electrons. The molecule has 0 saturated heterocycles. The van der Waals surface area contributed by atoms with Gasteiger partial charge in [-0.25, -0.2) is 4.79 Å². The Morgan fingerprint density at radius 1 is 0.966 bits per heavy atom. The first-order valence-electron chi connectivity index (χ1n) is 8.81. The lowest BCUT2D eigenvalue weighted by Gasteiger charge is -2.21. The van der Waals surface area contributed by atoms with Crippen molar-refractivity contribution >= 4 is 29.4 Å². The number of nitrogens with two attached hydrogens (primary N) is 2. The zero-order valence-corrected chi connectivity index (χ0v) is 16.6. The number of urea groups is 1. The van der Waals surface area contributed by atoms with Crippen LogP contribution in [0.4, 0.5) is 4.79 Å². The number of hydrogen-bond acceptors (Lipinski definition) is 4. The average molecular weight is 419 g/mol. The van der Waals surface area contributed by atoms with Gasteiger partial charge < -0.3 is 26.8 Å². The highest BCUT2D eigenvalue weighted by Crippen LogP contribution is 2.15. The van der Waals surface area contributed by atoms with Crippen molar-refractivity contribution in [3.05, 3.63) is 64.7 Å². The second-order valence-electron chi connectivity index (χ2n) is 6.41. The first kappa shape index (κ1) is 22.0. The summed E-state index contributed by atoms with van der Waals surface area (Å²) in [5.74, 6) is -0.663. The smallest absolute Gasteiger partial charge is 0.312 e. The third kappa shape index (κ3) is 7.00. The molecule has 6 N–H and O–H groups in total. The van der Waals surface area contributed by atoms with Crippen LogP contribution in [0.3, 0.4) is 0 Å². The number of carbonyl (C=O) groups excluding carboxylic acids is 3. The Bertz CT molecular complexity index is 873. The normalized spacial score (nSPS) is 12.5. The molecule has 8 nitrogen and oxygen atoms in total. The number of primary amides is 2. The quantitative estimate of drug-likeness (QED) is 0.485. The number of carbonyl (C=O) groups is 3. The van der Waals surface area contributed by atoms with Crippen LogP contribution in [0.1, 0.15) is 11.1 Å². The summed E-state index contributed by atoms with van der Waals surface area (Å²) in [5, 5.41) is 5.53. The highest BCUT2D eigenvalue weighted by atomic mass is 35.5. The van der Waals surface area contributed by atoms with Crippen LogP contribution in [0.25, 0.3) is 0 Å². The summed E-state index contributed by atoms with van der Waals surface area (Å²) in [6, 6.07) is 11.1. The number of rotatable bonds is 9. The fourth-order valence-electron chi connectivity index (χ4n) is 2.77. The molecule has 0 spiro atoms. The summed E-state index contributed by atoms with van der Waals surface area (Å²) in [4.78, 5) is 36.0. The van der Waals surface area contributed by atoms with Crippen molar-refractivity contribution in [2.45, 2.75) is 24.9 Å². The predicted molar refractivity (Wildman–Crippen MR) is 109 cm³/mol. The highest BCUT2D eigenvalue weighted by Gasteiger charge is 2.25. The van der Waals surface area contributed by atoms with E-state index in [0.29, 0.717) is 10.8 Å². The van der Waals surface area contributed by atoms with E-state index in [1.54, 1.807) is 48.5 Å². The van der Waals surface area contributed by atoms with Gasteiger partial charge in [0, 0.05) is 17.9 Å². The molecule has 0 aliphatic carbocycles. The Hall–Kier alpha value is -3.26. The summed E-state index contributed by atoms with van der Waals surface area (Å²) >= 11 is 5.87. The minimum Gasteiger partial charge on any atom is -0.497 e. The van der Waals surface area contributed by atoms with E-state index >= 15 is 0 Å². The first-order chi connectivity index (χ1) is 13.8. The van der Waals surface area contributed by atoms with Crippen LogP contribution in [-0.4, -0.2) is 37.0 Å². The number of benzene rings is 2. The fraction of sp³-hybridized carbons (Fsp3) is 0.250. The largest absolute Gasteiger partial charge is 0.497 e. The minimum absolute atomic E-state index is 0.163. The van der Waals surface area contributed by atoms with Crippen molar-refractivity contribution in [2.75, 3.05) is 7.11 Å². The first-order valence-corrected chi connectivity index (χ1v) is 9.19. The maximum Gasteiger partial charge on any atom is 0.312 e. The molecule has 0 saturated carbocycles. The van der Waals surface area contributed by atoms with Crippen molar-refractivity contribution in [1.82, 2.24) is 10.6 Å². The highest BCUT2D eigenvalue weighted by molar-refractivity contribution is 6.30. The number of hydrogen-bond donors (Lipinski definition) is 4. The number of ether oxygens (including phenoxy) is 1. The molecule has 0 aliphatic rings. The SMILES string of the molecule is COc1cccc(C[C@H](NC(=O)[C@H](Cc2ccc(Cl)cc2)NC(N)=O)C(N)=O)c1. The van der Waals surface area contributed by atoms with Crippen molar-refractivity contribution in [2.24, 2.45) is 11.5 Å². The molecule has 0 heterocycles. The number of halogens is 1. The van der Waals surface area contributed by atoms with Gasteiger partial charge >= 0.3 is 6.03 Å². The molecule has 0 bridgehead atoms. The summed E-state index contributed by atoms with van der Waals surface area (Å²) in [6.45, 7) is 0. The van der Waals surface area contributed by atoms with Gasteiger partial charge in [0.15, 0.2) is 0 Å². The molecule has 0 radical (unpaired) electrons. The third-order valence-corrected chi connectivity index (χ3v) is 4.47. The number of methoxy groups -OCH3 is 1.